The summed E-state index contributed by atoms with van der Waals surface area (Å²) in [5, 5.41) is 8.72. The summed E-state index contributed by atoms with van der Waals surface area (Å²) in [7, 11) is 0. The van der Waals surface area contributed by atoms with Crippen LogP contribution in [0.15, 0.2) is 24.5 Å². The van der Waals surface area contributed by atoms with E-state index in [1.807, 2.05) is 12.1 Å². The molecule has 0 amide bonds. The van der Waals surface area contributed by atoms with Gasteiger partial charge in [0.15, 0.2) is 0 Å². The van der Waals surface area contributed by atoms with Gasteiger partial charge >= 0.3 is 5.97 Å². The van der Waals surface area contributed by atoms with Crippen LogP contribution in [0.25, 0.3) is 0 Å². The fourth-order valence-corrected chi connectivity index (χ4v) is 2.44. The number of aliphatic carboxylic acids is 1. The average molecular weight is 234 g/mol. The second-order valence-electron chi connectivity index (χ2n) is 4.55. The first-order valence-electron chi connectivity index (χ1n) is 6.10. The lowest BCUT2D eigenvalue weighted by Gasteiger charge is -2.23. The van der Waals surface area contributed by atoms with Crippen LogP contribution in [0, 0.1) is 0 Å². The molecule has 2 heterocycles. The highest BCUT2D eigenvalue weighted by atomic mass is 16.4. The van der Waals surface area contributed by atoms with Crippen LogP contribution in [0.3, 0.4) is 0 Å². The smallest absolute Gasteiger partial charge is 0.303 e. The third kappa shape index (κ3) is 3.53. The Morgan fingerprint density at radius 1 is 1.47 bits per heavy atom. The molecule has 0 aromatic carbocycles. The number of pyridine rings is 1. The molecule has 0 saturated carbocycles. The Morgan fingerprint density at radius 3 is 2.94 bits per heavy atom. The molecule has 1 aliphatic heterocycles. The standard InChI is InChI=1S/C13H18N2O2/c16-13(17)4-3-12-2-1-9-15(12)10-11-5-7-14-8-6-11/h5-8,12H,1-4,9-10H2,(H,16,17). The lowest BCUT2D eigenvalue weighted by molar-refractivity contribution is -0.137. The van der Waals surface area contributed by atoms with Gasteiger partial charge in [0.25, 0.3) is 0 Å². The number of hydrogen-bond acceptors (Lipinski definition) is 3. The molecule has 17 heavy (non-hydrogen) atoms. The number of carbonyl (C=O) groups is 1. The van der Waals surface area contributed by atoms with Gasteiger partial charge in [-0.2, -0.15) is 0 Å². The fourth-order valence-electron chi connectivity index (χ4n) is 2.44. The molecule has 0 radical (unpaired) electrons. The number of carboxylic acid groups (broad SMARTS) is 1. The van der Waals surface area contributed by atoms with Crippen LogP contribution >= 0.6 is 0 Å². The van der Waals surface area contributed by atoms with Crippen LogP contribution in [-0.4, -0.2) is 33.5 Å². The van der Waals surface area contributed by atoms with E-state index in [1.54, 1.807) is 12.4 Å². The summed E-state index contributed by atoms with van der Waals surface area (Å²) in [6.45, 7) is 1.99. The zero-order valence-electron chi connectivity index (χ0n) is 9.88. The van der Waals surface area contributed by atoms with E-state index in [2.05, 4.69) is 9.88 Å². The van der Waals surface area contributed by atoms with Gasteiger partial charge in [-0.05, 0) is 43.5 Å². The third-order valence-corrected chi connectivity index (χ3v) is 3.33. The molecule has 1 fully saturated rings. The van der Waals surface area contributed by atoms with Gasteiger partial charge in [-0.25, -0.2) is 0 Å². The second kappa shape index (κ2) is 5.77. The van der Waals surface area contributed by atoms with Gasteiger partial charge in [-0.1, -0.05) is 0 Å². The van der Waals surface area contributed by atoms with E-state index in [-0.39, 0.29) is 6.42 Å². The first-order valence-corrected chi connectivity index (χ1v) is 6.10. The van der Waals surface area contributed by atoms with Gasteiger partial charge in [0.2, 0.25) is 0 Å². The minimum absolute atomic E-state index is 0.275. The topological polar surface area (TPSA) is 53.4 Å². The van der Waals surface area contributed by atoms with Crippen molar-refractivity contribution >= 4 is 5.97 Å². The highest BCUT2D eigenvalue weighted by Crippen LogP contribution is 2.23. The molecule has 92 valence electrons. The van der Waals surface area contributed by atoms with Gasteiger partial charge in [-0.3, -0.25) is 14.7 Å². The fraction of sp³-hybridized carbons (Fsp3) is 0.538. The molecule has 4 heteroatoms. The summed E-state index contributed by atoms with van der Waals surface area (Å²) < 4.78 is 0. The Bertz CT molecular complexity index is 367. The lowest BCUT2D eigenvalue weighted by Crippen LogP contribution is -2.29. The van der Waals surface area contributed by atoms with Crippen LogP contribution in [0.5, 0.6) is 0 Å². The van der Waals surface area contributed by atoms with Crippen LogP contribution < -0.4 is 0 Å². The molecular weight excluding hydrogens is 216 g/mol. The number of rotatable bonds is 5. The molecule has 0 spiro atoms. The second-order valence-corrected chi connectivity index (χ2v) is 4.55. The molecule has 4 nitrogen and oxygen atoms in total. The molecule has 1 aromatic rings. The Labute approximate surface area is 101 Å². The van der Waals surface area contributed by atoms with E-state index in [0.717, 1.165) is 25.9 Å². The van der Waals surface area contributed by atoms with Crippen molar-refractivity contribution in [2.24, 2.45) is 0 Å². The quantitative estimate of drug-likeness (QED) is 0.845. The van der Waals surface area contributed by atoms with Crippen molar-refractivity contribution in [1.82, 2.24) is 9.88 Å². The van der Waals surface area contributed by atoms with Crippen molar-refractivity contribution in [3.8, 4) is 0 Å². The number of hydrogen-bond donors (Lipinski definition) is 1. The molecule has 1 N–H and O–H groups in total. The van der Waals surface area contributed by atoms with E-state index in [1.165, 1.54) is 12.0 Å². The minimum Gasteiger partial charge on any atom is -0.481 e. The third-order valence-electron chi connectivity index (χ3n) is 3.33. The van der Waals surface area contributed by atoms with Crippen molar-refractivity contribution in [2.75, 3.05) is 6.54 Å². The molecule has 2 rings (SSSR count). The predicted octanol–water partition coefficient (Wildman–Crippen LogP) is 1.91. The normalized spacial score (nSPS) is 20.6. The Morgan fingerprint density at radius 2 is 2.24 bits per heavy atom. The zero-order chi connectivity index (χ0) is 12.1. The summed E-state index contributed by atoms with van der Waals surface area (Å²) in [5.41, 5.74) is 1.25. The average Bonchev–Trinajstić information content (AvgIpc) is 2.75. The Hall–Kier alpha value is -1.42. The van der Waals surface area contributed by atoms with E-state index in [0.29, 0.717) is 6.04 Å². The van der Waals surface area contributed by atoms with Crippen LogP contribution in [0.2, 0.25) is 0 Å². The molecule has 0 bridgehead atoms. The Balaban J connectivity index is 1.89. The van der Waals surface area contributed by atoms with Crippen molar-refractivity contribution in [3.05, 3.63) is 30.1 Å². The van der Waals surface area contributed by atoms with E-state index < -0.39 is 5.97 Å². The minimum atomic E-state index is -0.694. The molecule has 1 aliphatic rings. The molecule has 0 aliphatic carbocycles. The van der Waals surface area contributed by atoms with Crippen molar-refractivity contribution in [2.45, 2.75) is 38.3 Å². The van der Waals surface area contributed by atoms with Crippen LogP contribution in [-0.2, 0) is 11.3 Å². The SMILES string of the molecule is O=C(O)CCC1CCCN1Cc1ccncc1. The van der Waals surface area contributed by atoms with Gasteiger partial charge in [0, 0.05) is 31.4 Å². The first kappa shape index (κ1) is 12.0. The summed E-state index contributed by atoms with van der Waals surface area (Å²) in [6, 6.07) is 4.47. The summed E-state index contributed by atoms with van der Waals surface area (Å²) >= 11 is 0. The maximum Gasteiger partial charge on any atom is 0.303 e. The number of nitrogens with zero attached hydrogens (tertiary/aromatic N) is 2. The largest absolute Gasteiger partial charge is 0.481 e. The first-order chi connectivity index (χ1) is 8.25. The molecule has 1 aromatic heterocycles. The summed E-state index contributed by atoms with van der Waals surface area (Å²) in [6.07, 6.45) is 6.95. The highest BCUT2D eigenvalue weighted by molar-refractivity contribution is 5.66. The maximum absolute atomic E-state index is 10.6. The van der Waals surface area contributed by atoms with E-state index >= 15 is 0 Å². The monoisotopic (exact) mass is 234 g/mol. The van der Waals surface area contributed by atoms with E-state index in [4.69, 9.17) is 5.11 Å². The molecule has 1 atom stereocenters. The van der Waals surface area contributed by atoms with E-state index in [9.17, 15) is 4.79 Å². The zero-order valence-corrected chi connectivity index (χ0v) is 9.88. The Kier molecular flexibility index (Phi) is 4.09. The number of carboxylic acids is 1. The van der Waals surface area contributed by atoms with Gasteiger partial charge in [0.1, 0.15) is 0 Å². The van der Waals surface area contributed by atoms with Crippen LogP contribution in [0.1, 0.15) is 31.2 Å². The predicted molar refractivity (Wildman–Crippen MR) is 64.5 cm³/mol. The van der Waals surface area contributed by atoms with Crippen molar-refractivity contribution in [3.63, 3.8) is 0 Å². The highest BCUT2D eigenvalue weighted by Gasteiger charge is 2.24. The van der Waals surface area contributed by atoms with Crippen LogP contribution in [0.4, 0.5) is 0 Å². The summed E-state index contributed by atoms with van der Waals surface area (Å²) in [4.78, 5) is 17.0. The van der Waals surface area contributed by atoms with Gasteiger partial charge in [0.05, 0.1) is 0 Å². The number of aromatic nitrogens is 1. The maximum atomic E-state index is 10.6. The van der Waals surface area contributed by atoms with Crippen molar-refractivity contribution < 1.29 is 9.90 Å². The van der Waals surface area contributed by atoms with Gasteiger partial charge < -0.3 is 5.11 Å². The van der Waals surface area contributed by atoms with Gasteiger partial charge in [-0.15, -0.1) is 0 Å². The molecule has 1 saturated heterocycles. The van der Waals surface area contributed by atoms with Crippen molar-refractivity contribution in [1.29, 1.82) is 0 Å². The number of likely N-dealkylation sites (tertiary alicyclic amines) is 1. The summed E-state index contributed by atoms with van der Waals surface area (Å²) in [5.74, 6) is -0.694. The lowest BCUT2D eigenvalue weighted by atomic mass is 10.1. The molecule has 1 unspecified atom stereocenters. The molecular formula is C13H18N2O2.